The van der Waals surface area contributed by atoms with Gasteiger partial charge in [0.25, 0.3) is 0 Å². The third kappa shape index (κ3) is 8.61. The van der Waals surface area contributed by atoms with Gasteiger partial charge in [0.2, 0.25) is 5.91 Å². The molecule has 0 heterocycles. The molecule has 0 aliphatic rings. The van der Waals surface area contributed by atoms with Crippen molar-refractivity contribution in [1.82, 2.24) is 9.80 Å². The van der Waals surface area contributed by atoms with Gasteiger partial charge >= 0.3 is 11.9 Å². The molecule has 0 fully saturated rings. The Hall–Kier alpha value is -1.63. The fourth-order valence-electron chi connectivity index (χ4n) is 2.24. The number of hydrogen-bond acceptors (Lipinski definition) is 4. The number of hydrogen-bond donors (Lipinski definition) is 2. The smallest absolute Gasteiger partial charge is 0.317 e. The average Bonchev–Trinajstić information content (AvgIpc) is 2.42. The van der Waals surface area contributed by atoms with E-state index in [4.69, 9.17) is 10.2 Å². The van der Waals surface area contributed by atoms with Crippen LogP contribution in [0, 0.1) is 0 Å². The van der Waals surface area contributed by atoms with Crippen molar-refractivity contribution in [3.8, 4) is 0 Å². The minimum atomic E-state index is -1.08. The summed E-state index contributed by atoms with van der Waals surface area (Å²) in [6, 6.07) is -0.331. The van der Waals surface area contributed by atoms with Gasteiger partial charge in [-0.25, -0.2) is 0 Å². The summed E-state index contributed by atoms with van der Waals surface area (Å²) in [5.41, 5.74) is 0. The lowest BCUT2D eigenvalue weighted by Crippen LogP contribution is -2.48. The molecule has 1 atom stereocenters. The Labute approximate surface area is 131 Å². The highest BCUT2D eigenvalue weighted by atomic mass is 16.4. The molecule has 0 bridgehead atoms. The molecule has 2 N–H and O–H groups in total. The van der Waals surface area contributed by atoms with Crippen LogP contribution < -0.4 is 0 Å². The third-order valence-corrected chi connectivity index (χ3v) is 3.51. The highest BCUT2D eigenvalue weighted by molar-refractivity contribution is 5.76. The highest BCUT2D eigenvalue weighted by Crippen LogP contribution is 2.07. The molecule has 0 spiro atoms. The zero-order valence-electron chi connectivity index (χ0n) is 13.7. The second-order valence-corrected chi connectivity index (χ2v) is 5.43. The zero-order valence-corrected chi connectivity index (χ0v) is 13.7. The molecule has 0 aromatic carbocycles. The van der Waals surface area contributed by atoms with E-state index in [1.54, 1.807) is 11.8 Å². The molecule has 128 valence electrons. The number of amides is 1. The minimum absolute atomic E-state index is 0.0356. The number of nitrogens with zero attached hydrogens (tertiary/aromatic N) is 2. The van der Waals surface area contributed by atoms with Crippen molar-refractivity contribution in [2.75, 3.05) is 26.2 Å². The summed E-state index contributed by atoms with van der Waals surface area (Å²) in [5, 5.41) is 17.7. The van der Waals surface area contributed by atoms with Gasteiger partial charge in [0.05, 0.1) is 13.1 Å². The van der Waals surface area contributed by atoms with Crippen LogP contribution in [0.3, 0.4) is 0 Å². The molecule has 7 nitrogen and oxygen atoms in total. The summed E-state index contributed by atoms with van der Waals surface area (Å²) in [5.74, 6) is -2.12. The molecule has 0 radical (unpaired) electrons. The van der Waals surface area contributed by atoms with E-state index < -0.39 is 11.9 Å². The third-order valence-electron chi connectivity index (χ3n) is 3.51. The molecule has 0 rings (SSSR count). The van der Waals surface area contributed by atoms with Crippen LogP contribution in [-0.4, -0.2) is 70.1 Å². The molecular weight excluding hydrogens is 288 g/mol. The number of carboxylic acids is 2. The van der Waals surface area contributed by atoms with Crippen molar-refractivity contribution < 1.29 is 24.6 Å². The van der Waals surface area contributed by atoms with Gasteiger partial charge in [-0.1, -0.05) is 19.8 Å². The zero-order chi connectivity index (χ0) is 17.1. The van der Waals surface area contributed by atoms with Gasteiger partial charge in [-0.15, -0.1) is 0 Å². The lowest BCUT2D eigenvalue weighted by molar-refractivity contribution is -0.143. The molecule has 1 amide bonds. The minimum Gasteiger partial charge on any atom is -0.480 e. The predicted octanol–water partition coefficient (Wildman–Crippen LogP) is 1.27. The largest absolute Gasteiger partial charge is 0.480 e. The molecule has 0 saturated heterocycles. The maximum Gasteiger partial charge on any atom is 0.317 e. The molecule has 7 heteroatoms. The van der Waals surface area contributed by atoms with Crippen molar-refractivity contribution in [3.05, 3.63) is 0 Å². The first-order valence-electron chi connectivity index (χ1n) is 7.77. The molecule has 0 aromatic rings. The van der Waals surface area contributed by atoms with Crippen molar-refractivity contribution >= 4 is 17.8 Å². The van der Waals surface area contributed by atoms with E-state index in [-0.39, 0.29) is 25.0 Å². The predicted molar refractivity (Wildman–Crippen MR) is 82.7 cm³/mol. The maximum atomic E-state index is 12.1. The number of carbonyl (C=O) groups is 3. The molecule has 0 saturated carbocycles. The normalized spacial score (nSPS) is 12.2. The second-order valence-electron chi connectivity index (χ2n) is 5.43. The molecule has 0 aliphatic heterocycles. The topological polar surface area (TPSA) is 98.2 Å². The quantitative estimate of drug-likeness (QED) is 0.526. The summed E-state index contributed by atoms with van der Waals surface area (Å²) in [4.78, 5) is 36.8. The first kappa shape index (κ1) is 20.4. The van der Waals surface area contributed by atoms with Gasteiger partial charge in [0, 0.05) is 25.6 Å². The van der Waals surface area contributed by atoms with Crippen LogP contribution in [0.2, 0.25) is 0 Å². The monoisotopic (exact) mass is 316 g/mol. The second kappa shape index (κ2) is 11.0. The summed E-state index contributed by atoms with van der Waals surface area (Å²) >= 11 is 0. The van der Waals surface area contributed by atoms with Crippen LogP contribution >= 0.6 is 0 Å². The maximum absolute atomic E-state index is 12.1. The van der Waals surface area contributed by atoms with Gasteiger partial charge < -0.3 is 15.1 Å². The average molecular weight is 316 g/mol. The van der Waals surface area contributed by atoms with Gasteiger partial charge in [0.15, 0.2) is 0 Å². The Morgan fingerprint density at radius 2 is 1.55 bits per heavy atom. The standard InChI is InChI=1S/C15H28N2O5/c1-4-6-7-8-13(18)16(5-2)9-12(3)17(10-14(19)20)11-15(21)22/h12H,4-11H2,1-3H3,(H,19,20)(H,21,22). The Balaban J connectivity index is 4.62. The van der Waals surface area contributed by atoms with E-state index in [9.17, 15) is 14.4 Å². The van der Waals surface area contributed by atoms with E-state index in [1.807, 2.05) is 6.92 Å². The molecular formula is C15H28N2O5. The van der Waals surface area contributed by atoms with E-state index in [2.05, 4.69) is 6.92 Å². The van der Waals surface area contributed by atoms with E-state index in [0.717, 1.165) is 19.3 Å². The van der Waals surface area contributed by atoms with E-state index in [0.29, 0.717) is 19.5 Å². The SMILES string of the molecule is CCCCCC(=O)N(CC)CC(C)N(CC(=O)O)CC(=O)O. The molecule has 22 heavy (non-hydrogen) atoms. The van der Waals surface area contributed by atoms with Crippen LogP contribution in [0.15, 0.2) is 0 Å². The molecule has 1 unspecified atom stereocenters. The van der Waals surface area contributed by atoms with Crippen LogP contribution in [0.25, 0.3) is 0 Å². The first-order chi connectivity index (χ1) is 10.3. The van der Waals surface area contributed by atoms with Crippen LogP contribution in [0.1, 0.15) is 46.5 Å². The van der Waals surface area contributed by atoms with Gasteiger partial charge in [-0.2, -0.15) is 0 Å². The van der Waals surface area contributed by atoms with Crippen molar-refractivity contribution in [2.24, 2.45) is 0 Å². The molecule has 0 aromatic heterocycles. The summed E-state index contributed by atoms with van der Waals surface area (Å²) in [6.45, 7) is 5.84. The highest BCUT2D eigenvalue weighted by Gasteiger charge is 2.23. The Kier molecular flexibility index (Phi) is 10.2. The number of aliphatic carboxylic acids is 2. The Morgan fingerprint density at radius 1 is 1.00 bits per heavy atom. The Morgan fingerprint density at radius 3 is 1.95 bits per heavy atom. The van der Waals surface area contributed by atoms with Gasteiger partial charge in [-0.3, -0.25) is 19.3 Å². The summed E-state index contributed by atoms with van der Waals surface area (Å²) in [7, 11) is 0. The van der Waals surface area contributed by atoms with Crippen LogP contribution in [0.5, 0.6) is 0 Å². The molecule has 0 aliphatic carbocycles. The number of unbranched alkanes of at least 4 members (excludes halogenated alkanes) is 2. The van der Waals surface area contributed by atoms with Crippen molar-refractivity contribution in [2.45, 2.75) is 52.5 Å². The number of carboxylic acid groups (broad SMARTS) is 2. The lowest BCUT2D eigenvalue weighted by Gasteiger charge is -2.31. The number of rotatable bonds is 12. The number of likely N-dealkylation sites (N-methyl/N-ethyl adjacent to an activating group) is 1. The van der Waals surface area contributed by atoms with E-state index in [1.165, 1.54) is 4.90 Å². The van der Waals surface area contributed by atoms with Gasteiger partial charge in [-0.05, 0) is 20.3 Å². The summed E-state index contributed by atoms with van der Waals surface area (Å²) in [6.07, 6.45) is 3.37. The van der Waals surface area contributed by atoms with Crippen molar-refractivity contribution in [3.63, 3.8) is 0 Å². The van der Waals surface area contributed by atoms with E-state index >= 15 is 0 Å². The summed E-state index contributed by atoms with van der Waals surface area (Å²) < 4.78 is 0. The lowest BCUT2D eigenvalue weighted by atomic mass is 10.1. The number of carbonyl (C=O) groups excluding carboxylic acids is 1. The fraction of sp³-hybridized carbons (Fsp3) is 0.800. The fourth-order valence-corrected chi connectivity index (χ4v) is 2.24. The van der Waals surface area contributed by atoms with Gasteiger partial charge in [0.1, 0.15) is 0 Å². The van der Waals surface area contributed by atoms with Crippen LogP contribution in [0.4, 0.5) is 0 Å². The van der Waals surface area contributed by atoms with Crippen LogP contribution in [-0.2, 0) is 14.4 Å². The van der Waals surface area contributed by atoms with Crippen molar-refractivity contribution in [1.29, 1.82) is 0 Å². The Bertz CT molecular complexity index is 357. The first-order valence-corrected chi connectivity index (χ1v) is 7.77.